The Labute approximate surface area is 157 Å². The molecule has 1 amide bonds. The summed E-state index contributed by atoms with van der Waals surface area (Å²) in [6.07, 6.45) is 3.95. The average Bonchev–Trinajstić information content (AvgIpc) is 2.93. The maximum atomic E-state index is 12.9. The van der Waals surface area contributed by atoms with Crippen LogP contribution in [0, 0.1) is 0 Å². The number of hydrogen-bond acceptors (Lipinski definition) is 4. The molecule has 1 aliphatic heterocycles. The second-order valence-corrected chi connectivity index (χ2v) is 7.60. The van der Waals surface area contributed by atoms with Gasteiger partial charge < -0.3 is 0 Å². The summed E-state index contributed by atoms with van der Waals surface area (Å²) in [4.78, 5) is 19.3. The van der Waals surface area contributed by atoms with Gasteiger partial charge in [-0.3, -0.25) is 9.69 Å². The van der Waals surface area contributed by atoms with Gasteiger partial charge in [0.1, 0.15) is 5.70 Å². The van der Waals surface area contributed by atoms with Gasteiger partial charge >= 0.3 is 0 Å². The number of amidine groups is 1. The van der Waals surface area contributed by atoms with Crippen molar-refractivity contribution in [2.75, 3.05) is 17.8 Å². The van der Waals surface area contributed by atoms with Crippen LogP contribution in [0.2, 0.25) is 0 Å². The van der Waals surface area contributed by atoms with Crippen molar-refractivity contribution in [3.63, 3.8) is 0 Å². The van der Waals surface area contributed by atoms with Crippen LogP contribution in [0.4, 0.5) is 0 Å². The highest BCUT2D eigenvalue weighted by Crippen LogP contribution is 2.26. The van der Waals surface area contributed by atoms with E-state index < -0.39 is 0 Å². The lowest BCUT2D eigenvalue weighted by molar-refractivity contribution is -0.122. The van der Waals surface area contributed by atoms with E-state index >= 15 is 0 Å². The molecule has 5 heteroatoms. The van der Waals surface area contributed by atoms with Crippen molar-refractivity contribution in [2.45, 2.75) is 6.54 Å². The summed E-state index contributed by atoms with van der Waals surface area (Å²) in [5.41, 5.74) is 2.60. The van der Waals surface area contributed by atoms with Crippen LogP contribution in [0.25, 0.3) is 6.08 Å². The van der Waals surface area contributed by atoms with Crippen molar-refractivity contribution in [3.8, 4) is 0 Å². The molecule has 0 saturated carbocycles. The Morgan fingerprint density at radius 1 is 1.00 bits per heavy atom. The molecule has 0 spiro atoms. The second-order valence-electron chi connectivity index (χ2n) is 5.55. The molecule has 25 heavy (non-hydrogen) atoms. The summed E-state index contributed by atoms with van der Waals surface area (Å²) in [7, 11) is 0. The van der Waals surface area contributed by atoms with Gasteiger partial charge in [0, 0.05) is 11.5 Å². The Morgan fingerprint density at radius 2 is 1.68 bits per heavy atom. The first kappa shape index (κ1) is 17.8. The summed E-state index contributed by atoms with van der Waals surface area (Å²) in [5.74, 6) is 1.95. The van der Waals surface area contributed by atoms with Crippen LogP contribution in [-0.2, 0) is 11.3 Å². The number of carbonyl (C=O) groups excluding carboxylic acids is 1. The Kier molecular flexibility index (Phi) is 6.36. The van der Waals surface area contributed by atoms with Crippen LogP contribution < -0.4 is 0 Å². The van der Waals surface area contributed by atoms with Crippen molar-refractivity contribution in [1.82, 2.24) is 4.90 Å². The van der Waals surface area contributed by atoms with Crippen LogP contribution in [0.1, 0.15) is 11.1 Å². The van der Waals surface area contributed by atoms with Crippen molar-refractivity contribution in [2.24, 2.45) is 4.99 Å². The molecule has 3 nitrogen and oxygen atoms in total. The van der Waals surface area contributed by atoms with Gasteiger partial charge in [-0.15, -0.1) is 0 Å². The second kappa shape index (κ2) is 8.92. The number of amides is 1. The molecule has 3 rings (SSSR count). The van der Waals surface area contributed by atoms with Gasteiger partial charge in [-0.2, -0.15) is 11.8 Å². The Balaban J connectivity index is 1.83. The summed E-state index contributed by atoms with van der Waals surface area (Å²) in [5, 5.41) is 0.796. The minimum atomic E-state index is -0.0284. The molecule has 0 saturated heterocycles. The smallest absolute Gasteiger partial charge is 0.278 e. The Morgan fingerprint density at radius 3 is 2.36 bits per heavy atom. The molecular weight excluding hydrogens is 348 g/mol. The van der Waals surface area contributed by atoms with Crippen LogP contribution in [-0.4, -0.2) is 33.7 Å². The van der Waals surface area contributed by atoms with Gasteiger partial charge in [-0.1, -0.05) is 72.4 Å². The zero-order valence-corrected chi connectivity index (χ0v) is 15.7. The average molecular weight is 369 g/mol. The fourth-order valence-corrected chi connectivity index (χ4v) is 4.12. The number of benzene rings is 2. The van der Waals surface area contributed by atoms with Gasteiger partial charge in [0.05, 0.1) is 6.54 Å². The lowest BCUT2D eigenvalue weighted by Gasteiger charge is -2.17. The van der Waals surface area contributed by atoms with E-state index in [1.165, 1.54) is 0 Å². The first-order valence-electron chi connectivity index (χ1n) is 8.11. The van der Waals surface area contributed by atoms with Gasteiger partial charge in [-0.25, -0.2) is 4.99 Å². The molecule has 0 bridgehead atoms. The van der Waals surface area contributed by atoms with E-state index in [4.69, 9.17) is 0 Å². The van der Waals surface area contributed by atoms with E-state index in [0.29, 0.717) is 12.2 Å². The normalized spacial score (nSPS) is 15.7. The fourth-order valence-electron chi connectivity index (χ4n) is 2.47. The van der Waals surface area contributed by atoms with Crippen LogP contribution in [0.3, 0.4) is 0 Å². The predicted octanol–water partition coefficient (Wildman–Crippen LogP) is 4.52. The van der Waals surface area contributed by atoms with Crippen molar-refractivity contribution in [1.29, 1.82) is 0 Å². The summed E-state index contributed by atoms with van der Waals surface area (Å²) >= 11 is 3.45. The molecule has 0 aromatic heterocycles. The van der Waals surface area contributed by atoms with Crippen molar-refractivity contribution >= 4 is 40.7 Å². The lowest BCUT2D eigenvalue weighted by atomic mass is 10.2. The molecule has 0 N–H and O–H groups in total. The number of hydrogen-bond donors (Lipinski definition) is 0. The third-order valence-electron chi connectivity index (χ3n) is 3.72. The minimum Gasteiger partial charge on any atom is -0.281 e. The van der Waals surface area contributed by atoms with Gasteiger partial charge in [0.25, 0.3) is 5.91 Å². The summed E-state index contributed by atoms with van der Waals surface area (Å²) in [6.45, 7) is 0.552. The molecule has 0 radical (unpaired) electrons. The van der Waals surface area contributed by atoms with Gasteiger partial charge in [-0.05, 0) is 23.5 Å². The maximum absolute atomic E-state index is 12.9. The molecular formula is C20H20N2OS2. The minimum absolute atomic E-state index is 0.0284. The predicted molar refractivity (Wildman–Crippen MR) is 110 cm³/mol. The van der Waals surface area contributed by atoms with E-state index in [2.05, 4.69) is 11.2 Å². The number of aliphatic imine (C=N–C) groups is 1. The van der Waals surface area contributed by atoms with Crippen molar-refractivity contribution in [3.05, 3.63) is 77.5 Å². The van der Waals surface area contributed by atoms with E-state index in [0.717, 1.165) is 27.8 Å². The number of carbonyl (C=O) groups is 1. The quantitative estimate of drug-likeness (QED) is 0.555. The first-order chi connectivity index (χ1) is 12.3. The van der Waals surface area contributed by atoms with Crippen molar-refractivity contribution < 1.29 is 4.79 Å². The van der Waals surface area contributed by atoms with E-state index in [1.54, 1.807) is 28.4 Å². The van der Waals surface area contributed by atoms with E-state index in [9.17, 15) is 4.79 Å². The topological polar surface area (TPSA) is 32.7 Å². The first-order valence-corrected chi connectivity index (χ1v) is 10.5. The number of nitrogens with zero attached hydrogens (tertiary/aromatic N) is 2. The van der Waals surface area contributed by atoms with E-state index in [-0.39, 0.29) is 5.91 Å². The Hall–Kier alpha value is -1.98. The molecule has 0 atom stereocenters. The molecule has 2 aromatic carbocycles. The van der Waals surface area contributed by atoms with Crippen LogP contribution in [0.15, 0.2) is 71.4 Å². The highest BCUT2D eigenvalue weighted by molar-refractivity contribution is 8.14. The highest BCUT2D eigenvalue weighted by atomic mass is 32.2. The standard InChI is InChI=1S/C20H20N2OS2/c1-24-12-13-25-20-21-18(14-16-8-4-2-5-9-16)19(23)22(20)15-17-10-6-3-7-11-17/h2-11,14H,12-13,15H2,1H3/b18-14-. The third kappa shape index (κ3) is 4.77. The molecule has 0 unspecified atom stereocenters. The molecule has 0 aliphatic carbocycles. The van der Waals surface area contributed by atoms with Gasteiger partial charge in [0.15, 0.2) is 5.17 Å². The van der Waals surface area contributed by atoms with E-state index in [1.807, 2.05) is 66.7 Å². The largest absolute Gasteiger partial charge is 0.281 e. The molecule has 2 aromatic rings. The molecule has 1 heterocycles. The molecule has 128 valence electrons. The van der Waals surface area contributed by atoms with Gasteiger partial charge in [0.2, 0.25) is 0 Å². The zero-order chi connectivity index (χ0) is 17.5. The zero-order valence-electron chi connectivity index (χ0n) is 14.1. The number of thioether (sulfide) groups is 2. The lowest BCUT2D eigenvalue weighted by Crippen LogP contribution is -2.30. The highest BCUT2D eigenvalue weighted by Gasteiger charge is 2.30. The van der Waals surface area contributed by atoms with Crippen LogP contribution in [0.5, 0.6) is 0 Å². The monoisotopic (exact) mass is 368 g/mol. The van der Waals surface area contributed by atoms with Crippen LogP contribution >= 0.6 is 23.5 Å². The molecule has 1 aliphatic rings. The fraction of sp³-hybridized carbons (Fsp3) is 0.200. The third-order valence-corrected chi connectivity index (χ3v) is 5.57. The maximum Gasteiger partial charge on any atom is 0.278 e. The summed E-state index contributed by atoms with van der Waals surface area (Å²) in [6, 6.07) is 19.9. The Bertz CT molecular complexity index is 773. The SMILES string of the molecule is CSCCSC1=N/C(=C\c2ccccc2)C(=O)N1Cc1ccccc1. The summed E-state index contributed by atoms with van der Waals surface area (Å²) < 4.78 is 0. The number of rotatable bonds is 6. The molecule has 0 fully saturated rings.